The minimum absolute atomic E-state index is 0.0885. The van der Waals surface area contributed by atoms with Crippen LogP contribution in [0.15, 0.2) is 18.3 Å². The van der Waals surface area contributed by atoms with Crippen LogP contribution >= 0.6 is 0 Å². The fraction of sp³-hybridized carbons (Fsp3) is 0.455. The van der Waals surface area contributed by atoms with E-state index in [1.165, 1.54) is 0 Å². The molecule has 0 spiro atoms. The number of nitrogens with one attached hydrogen (secondary N) is 2. The summed E-state index contributed by atoms with van der Waals surface area (Å²) >= 11 is 0. The molecule has 4 N–H and O–H groups in total. The first-order chi connectivity index (χ1) is 7.72. The maximum absolute atomic E-state index is 10.9. The number of nitrogens with zero attached hydrogens (tertiary/aromatic N) is 1. The van der Waals surface area contributed by atoms with Crippen LogP contribution in [-0.2, 0) is 4.79 Å². The first kappa shape index (κ1) is 12.3. The molecule has 5 heteroatoms. The molecule has 0 aliphatic heterocycles. The fourth-order valence-corrected chi connectivity index (χ4v) is 1.17. The first-order valence-electron chi connectivity index (χ1n) is 5.44. The number of aromatic nitrogens is 1. The van der Waals surface area contributed by atoms with Crippen molar-refractivity contribution in [3.8, 4) is 0 Å². The number of amides is 1. The van der Waals surface area contributed by atoms with Crippen LogP contribution in [0.1, 0.15) is 19.8 Å². The Morgan fingerprint density at radius 3 is 2.88 bits per heavy atom. The molecule has 1 heterocycles. The second kappa shape index (κ2) is 6.66. The van der Waals surface area contributed by atoms with Gasteiger partial charge in [-0.25, -0.2) is 4.98 Å². The SMILES string of the molecule is CCC(=O)NCCCNc1ccc(N)cn1. The van der Waals surface area contributed by atoms with Gasteiger partial charge in [-0.1, -0.05) is 6.92 Å². The largest absolute Gasteiger partial charge is 0.397 e. The van der Waals surface area contributed by atoms with E-state index in [0.717, 1.165) is 18.8 Å². The van der Waals surface area contributed by atoms with E-state index in [-0.39, 0.29) is 5.91 Å². The summed E-state index contributed by atoms with van der Waals surface area (Å²) in [5, 5.41) is 5.95. The van der Waals surface area contributed by atoms with Crippen LogP contribution in [0.3, 0.4) is 0 Å². The van der Waals surface area contributed by atoms with Crippen LogP contribution in [0.2, 0.25) is 0 Å². The van der Waals surface area contributed by atoms with Gasteiger partial charge in [0.15, 0.2) is 0 Å². The quantitative estimate of drug-likeness (QED) is 0.627. The average molecular weight is 222 g/mol. The van der Waals surface area contributed by atoms with E-state index in [2.05, 4.69) is 15.6 Å². The maximum Gasteiger partial charge on any atom is 0.219 e. The highest BCUT2D eigenvalue weighted by Crippen LogP contribution is 2.05. The van der Waals surface area contributed by atoms with Crippen LogP contribution < -0.4 is 16.4 Å². The Morgan fingerprint density at radius 2 is 2.25 bits per heavy atom. The third kappa shape index (κ3) is 4.63. The minimum Gasteiger partial charge on any atom is -0.397 e. The highest BCUT2D eigenvalue weighted by Gasteiger charge is 1.95. The monoisotopic (exact) mass is 222 g/mol. The molecule has 0 aliphatic rings. The van der Waals surface area contributed by atoms with Gasteiger partial charge in [-0.3, -0.25) is 4.79 Å². The van der Waals surface area contributed by atoms with E-state index in [1.54, 1.807) is 12.3 Å². The predicted molar refractivity (Wildman–Crippen MR) is 65.1 cm³/mol. The lowest BCUT2D eigenvalue weighted by atomic mass is 10.3. The van der Waals surface area contributed by atoms with E-state index < -0.39 is 0 Å². The smallest absolute Gasteiger partial charge is 0.219 e. The number of rotatable bonds is 6. The molecule has 1 amide bonds. The Balaban J connectivity index is 2.11. The second-order valence-corrected chi connectivity index (χ2v) is 3.46. The summed E-state index contributed by atoms with van der Waals surface area (Å²) in [6, 6.07) is 3.63. The van der Waals surface area contributed by atoms with Crippen LogP contribution in [-0.4, -0.2) is 24.0 Å². The standard InChI is InChI=1S/C11H18N4O/c1-2-11(16)14-7-3-6-13-10-5-4-9(12)8-15-10/h4-5,8H,2-3,6-7,12H2,1H3,(H,13,15)(H,14,16). The summed E-state index contributed by atoms with van der Waals surface area (Å²) in [5.41, 5.74) is 6.17. The molecule has 0 fully saturated rings. The number of anilines is 2. The molecule has 1 aromatic rings. The molecule has 0 saturated heterocycles. The second-order valence-electron chi connectivity index (χ2n) is 3.46. The van der Waals surface area contributed by atoms with Crippen molar-refractivity contribution in [2.75, 3.05) is 24.1 Å². The summed E-state index contributed by atoms with van der Waals surface area (Å²) in [6.07, 6.45) is 3.02. The van der Waals surface area contributed by atoms with Gasteiger partial charge in [-0.2, -0.15) is 0 Å². The zero-order valence-electron chi connectivity index (χ0n) is 9.49. The molecule has 0 unspecified atom stereocenters. The van der Waals surface area contributed by atoms with E-state index >= 15 is 0 Å². The lowest BCUT2D eigenvalue weighted by Crippen LogP contribution is -2.24. The summed E-state index contributed by atoms with van der Waals surface area (Å²) in [6.45, 7) is 3.31. The summed E-state index contributed by atoms with van der Waals surface area (Å²) < 4.78 is 0. The molecule has 0 atom stereocenters. The molecule has 5 nitrogen and oxygen atoms in total. The van der Waals surface area contributed by atoms with Gasteiger partial charge in [-0.05, 0) is 18.6 Å². The number of hydrogen-bond acceptors (Lipinski definition) is 4. The maximum atomic E-state index is 10.9. The van der Waals surface area contributed by atoms with E-state index in [9.17, 15) is 4.79 Å². The molecule has 1 aromatic heterocycles. The Hall–Kier alpha value is -1.78. The summed E-state index contributed by atoms with van der Waals surface area (Å²) in [5.74, 6) is 0.890. The van der Waals surface area contributed by atoms with Crippen molar-refractivity contribution in [2.45, 2.75) is 19.8 Å². The number of nitrogen functional groups attached to an aromatic ring is 1. The molecule has 1 rings (SSSR count). The van der Waals surface area contributed by atoms with Gasteiger partial charge in [0.1, 0.15) is 5.82 Å². The third-order valence-corrected chi connectivity index (χ3v) is 2.09. The molecule has 0 saturated carbocycles. The highest BCUT2D eigenvalue weighted by atomic mass is 16.1. The van der Waals surface area contributed by atoms with Crippen molar-refractivity contribution >= 4 is 17.4 Å². The topological polar surface area (TPSA) is 80.0 Å². The Morgan fingerprint density at radius 1 is 1.44 bits per heavy atom. The summed E-state index contributed by atoms with van der Waals surface area (Å²) in [7, 11) is 0. The van der Waals surface area contributed by atoms with Crippen LogP contribution in [0.25, 0.3) is 0 Å². The molecule has 0 aliphatic carbocycles. The van der Waals surface area contributed by atoms with Gasteiger partial charge >= 0.3 is 0 Å². The van der Waals surface area contributed by atoms with E-state index in [0.29, 0.717) is 18.7 Å². The fourth-order valence-electron chi connectivity index (χ4n) is 1.17. The van der Waals surface area contributed by atoms with Gasteiger partial charge in [0.05, 0.1) is 11.9 Å². The number of carbonyl (C=O) groups excluding carboxylic acids is 1. The van der Waals surface area contributed by atoms with Gasteiger partial charge < -0.3 is 16.4 Å². The highest BCUT2D eigenvalue weighted by molar-refractivity contribution is 5.75. The number of nitrogens with two attached hydrogens (primary N) is 1. The molecule has 0 radical (unpaired) electrons. The van der Waals surface area contributed by atoms with Gasteiger partial charge in [0.25, 0.3) is 0 Å². The normalized spacial score (nSPS) is 9.81. The van der Waals surface area contributed by atoms with Crippen molar-refractivity contribution in [3.63, 3.8) is 0 Å². The van der Waals surface area contributed by atoms with Gasteiger partial charge in [0.2, 0.25) is 5.91 Å². The van der Waals surface area contributed by atoms with E-state index in [1.807, 2.05) is 13.0 Å². The van der Waals surface area contributed by atoms with Crippen LogP contribution in [0, 0.1) is 0 Å². The number of pyridine rings is 1. The van der Waals surface area contributed by atoms with Crippen molar-refractivity contribution in [3.05, 3.63) is 18.3 Å². The zero-order chi connectivity index (χ0) is 11.8. The van der Waals surface area contributed by atoms with Crippen molar-refractivity contribution in [1.82, 2.24) is 10.3 Å². The van der Waals surface area contributed by atoms with Gasteiger partial charge in [-0.15, -0.1) is 0 Å². The molecule has 0 bridgehead atoms. The van der Waals surface area contributed by atoms with Crippen LogP contribution in [0.5, 0.6) is 0 Å². The molecule has 16 heavy (non-hydrogen) atoms. The number of hydrogen-bond donors (Lipinski definition) is 3. The molecule has 0 aromatic carbocycles. The number of carbonyl (C=O) groups is 1. The van der Waals surface area contributed by atoms with Crippen molar-refractivity contribution in [2.24, 2.45) is 0 Å². The molecular formula is C11H18N4O. The zero-order valence-corrected chi connectivity index (χ0v) is 9.49. The van der Waals surface area contributed by atoms with E-state index in [4.69, 9.17) is 5.73 Å². The average Bonchev–Trinajstić information content (AvgIpc) is 2.31. The summed E-state index contributed by atoms with van der Waals surface area (Å²) in [4.78, 5) is 15.0. The van der Waals surface area contributed by atoms with Crippen LogP contribution in [0.4, 0.5) is 11.5 Å². The van der Waals surface area contributed by atoms with Crippen molar-refractivity contribution < 1.29 is 4.79 Å². The Labute approximate surface area is 95.4 Å². The Bertz CT molecular complexity index is 323. The predicted octanol–water partition coefficient (Wildman–Crippen LogP) is 0.992. The molecular weight excluding hydrogens is 204 g/mol. The molecule has 88 valence electrons. The third-order valence-electron chi connectivity index (χ3n) is 2.09. The lowest BCUT2D eigenvalue weighted by molar-refractivity contribution is -0.120. The van der Waals surface area contributed by atoms with Gasteiger partial charge in [0, 0.05) is 19.5 Å². The minimum atomic E-state index is 0.0885. The first-order valence-corrected chi connectivity index (χ1v) is 5.44. The lowest BCUT2D eigenvalue weighted by Gasteiger charge is -2.06. The van der Waals surface area contributed by atoms with Crippen molar-refractivity contribution in [1.29, 1.82) is 0 Å². The Kier molecular flexibility index (Phi) is 5.11.